The third-order valence-electron chi connectivity index (χ3n) is 3.84. The van der Waals surface area contributed by atoms with Crippen LogP contribution in [0.5, 0.6) is 0 Å². The molecule has 0 aromatic carbocycles. The van der Waals surface area contributed by atoms with Gasteiger partial charge in [0.2, 0.25) is 5.95 Å². The molecule has 10 heteroatoms. The molecular weight excluding hydrogens is 354 g/mol. The van der Waals surface area contributed by atoms with Gasteiger partial charge in [-0.05, 0) is 12.1 Å². The number of aryl methyl sites for hydroxylation is 1. The van der Waals surface area contributed by atoms with Crippen LogP contribution < -0.4 is 16.2 Å². The van der Waals surface area contributed by atoms with Crippen molar-refractivity contribution < 1.29 is 4.79 Å². The molecule has 1 amide bonds. The Hall–Kier alpha value is -3.40. The van der Waals surface area contributed by atoms with Gasteiger partial charge in [-0.2, -0.15) is 5.10 Å². The standard InChI is InChI=1S/C16H15N7O2S/c1-17-14(24)9-5-12(26-8-9)20-16-19-11-3-4-23(13(11)15(25)21-16)10-6-18-22(2)7-10/h3-8H,1-2H3,(H,17,24)(H2,19,20,21,25). The Morgan fingerprint density at radius 3 is 2.96 bits per heavy atom. The number of hydrogen-bond donors (Lipinski definition) is 3. The first kappa shape index (κ1) is 16.1. The molecule has 3 N–H and O–H groups in total. The molecule has 0 saturated heterocycles. The summed E-state index contributed by atoms with van der Waals surface area (Å²) in [5.41, 5.74) is 2.06. The number of thiophene rings is 1. The van der Waals surface area contributed by atoms with Gasteiger partial charge in [0.15, 0.2) is 0 Å². The molecule has 4 heterocycles. The number of nitrogens with one attached hydrogen (secondary N) is 3. The van der Waals surface area contributed by atoms with Gasteiger partial charge in [-0.25, -0.2) is 4.98 Å². The maximum absolute atomic E-state index is 12.6. The number of rotatable bonds is 4. The van der Waals surface area contributed by atoms with Gasteiger partial charge in [0.1, 0.15) is 5.52 Å². The predicted molar refractivity (Wildman–Crippen MR) is 99.4 cm³/mol. The largest absolute Gasteiger partial charge is 0.355 e. The average molecular weight is 369 g/mol. The molecule has 132 valence electrons. The summed E-state index contributed by atoms with van der Waals surface area (Å²) >= 11 is 1.35. The Balaban J connectivity index is 1.69. The highest BCUT2D eigenvalue weighted by Crippen LogP contribution is 2.24. The summed E-state index contributed by atoms with van der Waals surface area (Å²) in [5.74, 6) is 0.150. The van der Waals surface area contributed by atoms with Crippen molar-refractivity contribution in [3.63, 3.8) is 0 Å². The predicted octanol–water partition coefficient (Wildman–Crippen LogP) is 1.61. The SMILES string of the molecule is CNC(=O)c1csc(Nc2nc3ccn(-c4cnn(C)c4)c3c(=O)[nH]2)c1. The minimum atomic E-state index is -0.269. The maximum Gasteiger partial charge on any atom is 0.277 e. The number of nitrogens with zero attached hydrogens (tertiary/aromatic N) is 4. The third kappa shape index (κ3) is 2.75. The quantitative estimate of drug-likeness (QED) is 0.506. The second kappa shape index (κ2) is 6.15. The summed E-state index contributed by atoms with van der Waals surface area (Å²) < 4.78 is 3.41. The van der Waals surface area contributed by atoms with Crippen molar-refractivity contribution in [2.45, 2.75) is 0 Å². The first-order valence-electron chi connectivity index (χ1n) is 7.73. The molecule has 0 saturated carbocycles. The zero-order chi connectivity index (χ0) is 18.3. The second-order valence-corrected chi connectivity index (χ2v) is 6.52. The van der Waals surface area contributed by atoms with Gasteiger partial charge in [-0.15, -0.1) is 11.3 Å². The zero-order valence-electron chi connectivity index (χ0n) is 14.0. The minimum absolute atomic E-state index is 0.167. The van der Waals surface area contributed by atoms with E-state index in [1.54, 1.807) is 46.2 Å². The van der Waals surface area contributed by atoms with Gasteiger partial charge in [-0.1, -0.05) is 0 Å². The first-order valence-corrected chi connectivity index (χ1v) is 8.61. The lowest BCUT2D eigenvalue weighted by Gasteiger charge is -2.04. The van der Waals surface area contributed by atoms with Crippen molar-refractivity contribution in [1.82, 2.24) is 29.6 Å². The summed E-state index contributed by atoms with van der Waals surface area (Å²) in [7, 11) is 3.39. The van der Waals surface area contributed by atoms with Crippen LogP contribution in [0.15, 0.2) is 40.9 Å². The fourth-order valence-electron chi connectivity index (χ4n) is 2.64. The van der Waals surface area contributed by atoms with E-state index in [0.717, 1.165) is 5.69 Å². The maximum atomic E-state index is 12.6. The van der Waals surface area contributed by atoms with Crippen LogP contribution in [-0.2, 0) is 7.05 Å². The van der Waals surface area contributed by atoms with Crippen molar-refractivity contribution >= 4 is 39.2 Å². The van der Waals surface area contributed by atoms with E-state index in [4.69, 9.17) is 0 Å². The Morgan fingerprint density at radius 2 is 2.23 bits per heavy atom. The Morgan fingerprint density at radius 1 is 1.38 bits per heavy atom. The fraction of sp³-hybridized carbons (Fsp3) is 0.125. The van der Waals surface area contributed by atoms with Crippen LogP contribution in [0, 0.1) is 0 Å². The molecular formula is C16H15N7O2S. The van der Waals surface area contributed by atoms with Crippen LogP contribution >= 0.6 is 11.3 Å². The number of amides is 1. The van der Waals surface area contributed by atoms with Gasteiger partial charge in [0.25, 0.3) is 11.5 Å². The van der Waals surface area contributed by atoms with Crippen molar-refractivity contribution in [2.75, 3.05) is 12.4 Å². The number of fused-ring (bicyclic) bond motifs is 1. The number of anilines is 2. The number of aromatic nitrogens is 5. The van der Waals surface area contributed by atoms with E-state index in [2.05, 4.69) is 25.7 Å². The van der Waals surface area contributed by atoms with Crippen LogP contribution in [0.2, 0.25) is 0 Å². The van der Waals surface area contributed by atoms with Gasteiger partial charge in [-0.3, -0.25) is 19.3 Å². The monoisotopic (exact) mass is 369 g/mol. The summed E-state index contributed by atoms with van der Waals surface area (Å²) in [6.07, 6.45) is 5.27. The molecule has 4 aromatic rings. The summed E-state index contributed by atoms with van der Waals surface area (Å²) in [6, 6.07) is 3.47. The molecule has 9 nitrogen and oxygen atoms in total. The minimum Gasteiger partial charge on any atom is -0.355 e. The highest BCUT2D eigenvalue weighted by atomic mass is 32.1. The van der Waals surface area contributed by atoms with E-state index >= 15 is 0 Å². The molecule has 0 fully saturated rings. The molecule has 0 aliphatic carbocycles. The molecule has 0 unspecified atom stereocenters. The van der Waals surface area contributed by atoms with Crippen LogP contribution in [0.3, 0.4) is 0 Å². The summed E-state index contributed by atoms with van der Waals surface area (Å²) in [5, 5.41) is 12.2. The van der Waals surface area contributed by atoms with Crippen LogP contribution in [0.1, 0.15) is 10.4 Å². The molecule has 0 aliphatic rings. The molecule has 0 atom stereocenters. The Labute approximate surface area is 151 Å². The molecule has 0 bridgehead atoms. The highest BCUT2D eigenvalue weighted by Gasteiger charge is 2.13. The zero-order valence-corrected chi connectivity index (χ0v) is 14.8. The average Bonchev–Trinajstić information content (AvgIpc) is 3.33. The molecule has 4 rings (SSSR count). The van der Waals surface area contributed by atoms with E-state index in [0.29, 0.717) is 27.5 Å². The summed E-state index contributed by atoms with van der Waals surface area (Å²) in [4.78, 5) is 31.4. The second-order valence-electron chi connectivity index (χ2n) is 5.61. The highest BCUT2D eigenvalue weighted by molar-refractivity contribution is 7.14. The van der Waals surface area contributed by atoms with E-state index in [1.807, 2.05) is 13.2 Å². The lowest BCUT2D eigenvalue weighted by atomic mass is 10.3. The van der Waals surface area contributed by atoms with Crippen LogP contribution in [0.25, 0.3) is 16.7 Å². The lowest BCUT2D eigenvalue weighted by Crippen LogP contribution is -2.16. The molecule has 4 aromatic heterocycles. The number of H-pyrrole nitrogens is 1. The van der Waals surface area contributed by atoms with Gasteiger partial charge in [0.05, 0.1) is 28.0 Å². The van der Waals surface area contributed by atoms with Gasteiger partial charge < -0.3 is 15.2 Å². The number of hydrogen-bond acceptors (Lipinski definition) is 6. The number of aromatic amines is 1. The normalized spacial score (nSPS) is 11.0. The first-order chi connectivity index (χ1) is 12.5. The molecule has 0 spiro atoms. The van der Waals surface area contributed by atoms with Crippen molar-refractivity contribution in [2.24, 2.45) is 7.05 Å². The lowest BCUT2D eigenvalue weighted by molar-refractivity contribution is 0.0963. The van der Waals surface area contributed by atoms with E-state index in [1.165, 1.54) is 11.3 Å². The molecule has 0 aliphatic heterocycles. The third-order valence-corrected chi connectivity index (χ3v) is 4.69. The van der Waals surface area contributed by atoms with Crippen molar-refractivity contribution in [3.05, 3.63) is 52.0 Å². The fourth-order valence-corrected chi connectivity index (χ4v) is 3.42. The van der Waals surface area contributed by atoms with Gasteiger partial charge >= 0.3 is 0 Å². The Kier molecular flexibility index (Phi) is 3.81. The molecule has 0 radical (unpaired) electrons. The molecule has 26 heavy (non-hydrogen) atoms. The van der Waals surface area contributed by atoms with E-state index < -0.39 is 0 Å². The Bertz CT molecular complexity index is 1170. The van der Waals surface area contributed by atoms with E-state index in [9.17, 15) is 9.59 Å². The number of carbonyl (C=O) groups is 1. The van der Waals surface area contributed by atoms with Crippen molar-refractivity contribution in [1.29, 1.82) is 0 Å². The van der Waals surface area contributed by atoms with Crippen molar-refractivity contribution in [3.8, 4) is 5.69 Å². The smallest absolute Gasteiger partial charge is 0.277 e. The van der Waals surface area contributed by atoms with Gasteiger partial charge in [0, 0.05) is 31.9 Å². The van der Waals surface area contributed by atoms with Crippen LogP contribution in [0.4, 0.5) is 10.9 Å². The number of carbonyl (C=O) groups excluding carboxylic acids is 1. The topological polar surface area (TPSA) is 110 Å². The van der Waals surface area contributed by atoms with E-state index in [-0.39, 0.29) is 11.5 Å². The van der Waals surface area contributed by atoms with Crippen LogP contribution in [-0.4, -0.2) is 37.3 Å². The summed E-state index contributed by atoms with van der Waals surface area (Å²) in [6.45, 7) is 0.